The van der Waals surface area contributed by atoms with Crippen LogP contribution in [0.2, 0.25) is 0 Å². The highest BCUT2D eigenvalue weighted by molar-refractivity contribution is 5.86. The number of hydrogen-bond donors (Lipinski definition) is 0. The van der Waals surface area contributed by atoms with Crippen LogP contribution in [-0.2, 0) is 0 Å². The van der Waals surface area contributed by atoms with E-state index in [2.05, 4.69) is 142 Å². The number of para-hydroxylation sites is 1. The Hall–Kier alpha value is -4.13. The van der Waals surface area contributed by atoms with Crippen molar-refractivity contribution in [3.63, 3.8) is 0 Å². The zero-order valence-electron chi connectivity index (χ0n) is 22.6. The molecule has 5 aromatic rings. The van der Waals surface area contributed by atoms with Crippen molar-refractivity contribution in [2.45, 2.75) is 19.9 Å². The maximum Gasteiger partial charge on any atom is 0.178 e. The Labute approximate surface area is 230 Å². The summed E-state index contributed by atoms with van der Waals surface area (Å²) in [6.07, 6.45) is 4.48. The van der Waals surface area contributed by atoms with Gasteiger partial charge in [-0.05, 0) is 57.3 Å². The SMILES string of the molecule is Cc1cccc(C)c1-n1nnnc1C(c1cccc2ccccc12)N1CCN(C/C=C/c2ccccc2)CC1. The van der Waals surface area contributed by atoms with E-state index in [1.165, 1.54) is 21.9 Å². The highest BCUT2D eigenvalue weighted by Crippen LogP contribution is 2.34. The predicted molar refractivity (Wildman–Crippen MR) is 158 cm³/mol. The van der Waals surface area contributed by atoms with Gasteiger partial charge in [0.2, 0.25) is 0 Å². The third-order valence-corrected chi connectivity index (χ3v) is 7.75. The van der Waals surface area contributed by atoms with Crippen molar-refractivity contribution < 1.29 is 0 Å². The van der Waals surface area contributed by atoms with E-state index in [0.29, 0.717) is 0 Å². The fraction of sp³-hybridized carbons (Fsp3) is 0.242. The van der Waals surface area contributed by atoms with Gasteiger partial charge in [0.15, 0.2) is 5.82 Å². The predicted octanol–water partition coefficient (Wildman–Crippen LogP) is 5.85. The summed E-state index contributed by atoms with van der Waals surface area (Å²) in [5, 5.41) is 15.9. The molecule has 0 spiro atoms. The summed E-state index contributed by atoms with van der Waals surface area (Å²) in [5.74, 6) is 0.862. The van der Waals surface area contributed by atoms with Gasteiger partial charge in [-0.3, -0.25) is 9.80 Å². The van der Waals surface area contributed by atoms with Gasteiger partial charge in [0.1, 0.15) is 0 Å². The van der Waals surface area contributed by atoms with E-state index in [9.17, 15) is 0 Å². The standard InChI is InChI=1S/C33H34N6/c1-25-11-8-12-26(2)31(25)39-33(34-35-36-39)32(30-19-9-17-28-16-6-7-18-29(28)30)38-23-21-37(22-24-38)20-10-15-27-13-4-3-5-14-27/h3-19,32H,20-24H2,1-2H3/b15-10+. The van der Waals surface area contributed by atoms with Crippen molar-refractivity contribution >= 4 is 16.8 Å². The fourth-order valence-corrected chi connectivity index (χ4v) is 5.76. The third-order valence-electron chi connectivity index (χ3n) is 7.75. The van der Waals surface area contributed by atoms with Crippen LogP contribution in [0.1, 0.15) is 34.1 Å². The molecule has 4 aromatic carbocycles. The highest BCUT2D eigenvalue weighted by atomic mass is 15.6. The average Bonchev–Trinajstić information content (AvgIpc) is 3.43. The van der Waals surface area contributed by atoms with Crippen molar-refractivity contribution in [1.82, 2.24) is 30.0 Å². The monoisotopic (exact) mass is 514 g/mol. The molecular formula is C33H34N6. The molecule has 0 amide bonds. The van der Waals surface area contributed by atoms with E-state index in [1.54, 1.807) is 0 Å². The molecule has 0 N–H and O–H groups in total. The molecule has 1 aliphatic rings. The molecule has 6 heteroatoms. The number of hydrogen-bond acceptors (Lipinski definition) is 5. The third kappa shape index (κ3) is 5.26. The van der Waals surface area contributed by atoms with Crippen LogP contribution >= 0.6 is 0 Å². The summed E-state index contributed by atoms with van der Waals surface area (Å²) < 4.78 is 1.96. The normalized spacial score (nSPS) is 15.7. The molecule has 0 bridgehead atoms. The minimum atomic E-state index is -0.0629. The molecule has 0 radical (unpaired) electrons. The molecule has 0 aliphatic carbocycles. The Balaban J connectivity index is 1.33. The summed E-state index contributed by atoms with van der Waals surface area (Å²) >= 11 is 0. The Morgan fingerprint density at radius 1 is 0.769 bits per heavy atom. The van der Waals surface area contributed by atoms with Gasteiger partial charge in [-0.15, -0.1) is 5.10 Å². The molecular weight excluding hydrogens is 480 g/mol. The van der Waals surface area contributed by atoms with Crippen LogP contribution in [0.3, 0.4) is 0 Å². The molecule has 196 valence electrons. The van der Waals surface area contributed by atoms with Crippen LogP contribution in [0.25, 0.3) is 22.5 Å². The quantitative estimate of drug-likeness (QED) is 0.273. The van der Waals surface area contributed by atoms with Gasteiger partial charge in [-0.25, -0.2) is 0 Å². The largest absolute Gasteiger partial charge is 0.297 e. The van der Waals surface area contributed by atoms with Gasteiger partial charge in [0.05, 0.1) is 11.7 Å². The van der Waals surface area contributed by atoms with Gasteiger partial charge in [-0.2, -0.15) is 4.68 Å². The van der Waals surface area contributed by atoms with E-state index in [-0.39, 0.29) is 6.04 Å². The minimum absolute atomic E-state index is 0.0629. The number of aromatic nitrogens is 4. The van der Waals surface area contributed by atoms with Crippen molar-refractivity contribution in [3.05, 3.63) is 125 Å². The molecule has 39 heavy (non-hydrogen) atoms. The van der Waals surface area contributed by atoms with Gasteiger partial charge >= 0.3 is 0 Å². The summed E-state index contributed by atoms with van der Waals surface area (Å²) in [6, 6.07) is 32.0. The summed E-state index contributed by atoms with van der Waals surface area (Å²) in [7, 11) is 0. The van der Waals surface area contributed by atoms with E-state index >= 15 is 0 Å². The van der Waals surface area contributed by atoms with E-state index in [4.69, 9.17) is 0 Å². The average molecular weight is 515 g/mol. The molecule has 1 fully saturated rings. The maximum atomic E-state index is 4.67. The van der Waals surface area contributed by atoms with Crippen molar-refractivity contribution in [3.8, 4) is 5.69 Å². The number of nitrogens with zero attached hydrogens (tertiary/aromatic N) is 6. The molecule has 1 aromatic heterocycles. The van der Waals surface area contributed by atoms with E-state index < -0.39 is 0 Å². The first-order valence-electron chi connectivity index (χ1n) is 13.7. The van der Waals surface area contributed by atoms with Crippen LogP contribution < -0.4 is 0 Å². The first kappa shape index (κ1) is 25.2. The number of fused-ring (bicyclic) bond motifs is 1. The van der Waals surface area contributed by atoms with E-state index in [1.807, 2.05) is 4.68 Å². The van der Waals surface area contributed by atoms with Gasteiger partial charge in [-0.1, -0.05) is 103 Å². The van der Waals surface area contributed by atoms with E-state index in [0.717, 1.165) is 55.4 Å². The van der Waals surface area contributed by atoms with Gasteiger partial charge in [0, 0.05) is 32.7 Å². The summed E-state index contributed by atoms with van der Waals surface area (Å²) in [5.41, 5.74) is 5.87. The zero-order valence-corrected chi connectivity index (χ0v) is 22.6. The second-order valence-electron chi connectivity index (χ2n) is 10.3. The lowest BCUT2D eigenvalue weighted by atomic mass is 9.96. The van der Waals surface area contributed by atoms with Crippen molar-refractivity contribution in [2.24, 2.45) is 0 Å². The molecule has 1 saturated heterocycles. The Bertz CT molecular complexity index is 1560. The molecule has 1 unspecified atom stereocenters. The number of benzene rings is 4. The zero-order chi connectivity index (χ0) is 26.6. The first-order valence-corrected chi connectivity index (χ1v) is 13.7. The maximum absolute atomic E-state index is 4.67. The lowest BCUT2D eigenvalue weighted by molar-refractivity contribution is 0.114. The number of aryl methyl sites for hydroxylation is 2. The van der Waals surface area contributed by atoms with Crippen LogP contribution in [0, 0.1) is 13.8 Å². The van der Waals surface area contributed by atoms with Crippen LogP contribution in [-0.4, -0.2) is 62.7 Å². The lowest BCUT2D eigenvalue weighted by Crippen LogP contribution is -2.48. The number of tetrazole rings is 1. The Morgan fingerprint density at radius 3 is 2.26 bits per heavy atom. The summed E-state index contributed by atoms with van der Waals surface area (Å²) in [4.78, 5) is 5.07. The topological polar surface area (TPSA) is 50.1 Å². The Morgan fingerprint density at radius 2 is 1.46 bits per heavy atom. The number of piperazine rings is 1. The van der Waals surface area contributed by atoms with Gasteiger partial charge < -0.3 is 0 Å². The van der Waals surface area contributed by atoms with Crippen LogP contribution in [0.4, 0.5) is 0 Å². The van der Waals surface area contributed by atoms with Crippen LogP contribution in [0.15, 0.2) is 97.1 Å². The fourth-order valence-electron chi connectivity index (χ4n) is 5.76. The van der Waals surface area contributed by atoms with Crippen LogP contribution in [0.5, 0.6) is 0 Å². The van der Waals surface area contributed by atoms with Crippen molar-refractivity contribution in [2.75, 3.05) is 32.7 Å². The molecule has 2 heterocycles. The van der Waals surface area contributed by atoms with Crippen molar-refractivity contribution in [1.29, 1.82) is 0 Å². The molecule has 0 saturated carbocycles. The number of rotatable bonds is 7. The minimum Gasteiger partial charge on any atom is -0.297 e. The lowest BCUT2D eigenvalue weighted by Gasteiger charge is -2.39. The van der Waals surface area contributed by atoms with Gasteiger partial charge in [0.25, 0.3) is 0 Å². The highest BCUT2D eigenvalue weighted by Gasteiger charge is 2.32. The molecule has 1 atom stereocenters. The first-order chi connectivity index (χ1) is 19.2. The summed E-state index contributed by atoms with van der Waals surface area (Å²) in [6.45, 7) is 9.06. The molecule has 6 rings (SSSR count). The molecule has 1 aliphatic heterocycles. The second kappa shape index (κ2) is 11.3. The molecule has 6 nitrogen and oxygen atoms in total. The smallest absolute Gasteiger partial charge is 0.178 e. The second-order valence-corrected chi connectivity index (χ2v) is 10.3. The Kier molecular flexibility index (Phi) is 7.30.